The summed E-state index contributed by atoms with van der Waals surface area (Å²) in [6.45, 7) is 0. The van der Waals surface area contributed by atoms with E-state index in [4.69, 9.17) is 9.47 Å². The molecule has 27 heavy (non-hydrogen) atoms. The van der Waals surface area contributed by atoms with Gasteiger partial charge < -0.3 is 9.47 Å². The Kier molecular flexibility index (Phi) is 5.80. The Morgan fingerprint density at radius 1 is 0.778 bits per heavy atom. The lowest BCUT2D eigenvalue weighted by Gasteiger charge is -2.05. The van der Waals surface area contributed by atoms with Gasteiger partial charge in [0.2, 0.25) is 0 Å². The summed E-state index contributed by atoms with van der Waals surface area (Å²) < 4.78 is 10.5. The molecule has 0 fully saturated rings. The quantitative estimate of drug-likeness (QED) is 0.275. The Hall–Kier alpha value is -3.66. The van der Waals surface area contributed by atoms with Crippen molar-refractivity contribution in [2.75, 3.05) is 7.11 Å². The summed E-state index contributed by atoms with van der Waals surface area (Å²) in [7, 11) is 1.58. The van der Waals surface area contributed by atoms with Gasteiger partial charge in [-0.05, 0) is 60.2 Å². The summed E-state index contributed by atoms with van der Waals surface area (Å²) in [6.07, 6.45) is 3.17. The molecule has 0 aromatic heterocycles. The zero-order chi connectivity index (χ0) is 19.1. The molecule has 3 aromatic carbocycles. The van der Waals surface area contributed by atoms with E-state index >= 15 is 0 Å². The first-order valence-corrected chi connectivity index (χ1v) is 8.39. The zero-order valence-corrected chi connectivity index (χ0v) is 14.8. The highest BCUT2D eigenvalue weighted by Gasteiger charge is 2.08. The summed E-state index contributed by atoms with van der Waals surface area (Å²) in [5.41, 5.74) is 1.81. The van der Waals surface area contributed by atoms with Crippen LogP contribution >= 0.6 is 0 Å². The molecule has 0 saturated carbocycles. The van der Waals surface area contributed by atoms with Gasteiger partial charge in [0.25, 0.3) is 0 Å². The molecule has 0 N–H and O–H groups in total. The van der Waals surface area contributed by atoms with Gasteiger partial charge in [0.15, 0.2) is 5.78 Å². The number of ketones is 1. The molecule has 0 aliphatic rings. The van der Waals surface area contributed by atoms with E-state index in [2.05, 4.69) is 0 Å². The lowest BCUT2D eigenvalue weighted by atomic mass is 10.1. The number of esters is 1. The Labute approximate surface area is 157 Å². The van der Waals surface area contributed by atoms with Crippen molar-refractivity contribution in [2.45, 2.75) is 0 Å². The average Bonchev–Trinajstić information content (AvgIpc) is 2.73. The molecule has 134 valence electrons. The number of benzene rings is 3. The van der Waals surface area contributed by atoms with Crippen LogP contribution in [-0.2, 0) is 0 Å². The highest BCUT2D eigenvalue weighted by atomic mass is 16.5. The van der Waals surface area contributed by atoms with Gasteiger partial charge in [-0.25, -0.2) is 4.79 Å². The van der Waals surface area contributed by atoms with Crippen LogP contribution in [0.5, 0.6) is 11.5 Å². The fourth-order valence-electron chi connectivity index (χ4n) is 2.45. The molecular formula is C23H18O4. The van der Waals surface area contributed by atoms with Crippen molar-refractivity contribution in [1.82, 2.24) is 0 Å². The third-order valence-electron chi connectivity index (χ3n) is 3.88. The molecule has 0 amide bonds. The Morgan fingerprint density at radius 2 is 1.52 bits per heavy atom. The minimum Gasteiger partial charge on any atom is -0.497 e. The van der Waals surface area contributed by atoms with Crippen LogP contribution in [-0.4, -0.2) is 18.9 Å². The fourth-order valence-corrected chi connectivity index (χ4v) is 2.45. The molecule has 0 atom stereocenters. The van der Waals surface area contributed by atoms with Gasteiger partial charge in [0.05, 0.1) is 12.7 Å². The first-order chi connectivity index (χ1) is 13.2. The van der Waals surface area contributed by atoms with E-state index in [-0.39, 0.29) is 5.78 Å². The molecule has 3 rings (SSSR count). The van der Waals surface area contributed by atoms with Gasteiger partial charge in [-0.3, -0.25) is 4.79 Å². The molecular weight excluding hydrogens is 340 g/mol. The van der Waals surface area contributed by atoms with Crippen LogP contribution in [0.4, 0.5) is 0 Å². The Morgan fingerprint density at radius 3 is 2.22 bits per heavy atom. The van der Waals surface area contributed by atoms with Crippen molar-refractivity contribution < 1.29 is 19.1 Å². The van der Waals surface area contributed by atoms with Gasteiger partial charge in [-0.15, -0.1) is 0 Å². The van der Waals surface area contributed by atoms with Crippen molar-refractivity contribution in [2.24, 2.45) is 0 Å². The van der Waals surface area contributed by atoms with Gasteiger partial charge >= 0.3 is 5.97 Å². The number of carbonyl (C=O) groups excluding carboxylic acids is 2. The molecule has 0 saturated heterocycles. The van der Waals surface area contributed by atoms with E-state index in [0.29, 0.717) is 22.6 Å². The van der Waals surface area contributed by atoms with E-state index in [1.807, 2.05) is 12.1 Å². The van der Waals surface area contributed by atoms with Crippen LogP contribution < -0.4 is 9.47 Å². The Bertz CT molecular complexity index is 957. The zero-order valence-electron chi connectivity index (χ0n) is 14.8. The van der Waals surface area contributed by atoms with Crippen LogP contribution in [0, 0.1) is 0 Å². The normalized spacial score (nSPS) is 10.6. The molecule has 0 aliphatic carbocycles. The minimum atomic E-state index is -0.425. The largest absolute Gasteiger partial charge is 0.497 e. The maximum Gasteiger partial charge on any atom is 0.343 e. The molecule has 3 aromatic rings. The van der Waals surface area contributed by atoms with Crippen molar-refractivity contribution in [1.29, 1.82) is 0 Å². The average molecular weight is 358 g/mol. The highest BCUT2D eigenvalue weighted by molar-refractivity contribution is 6.06. The lowest BCUT2D eigenvalue weighted by molar-refractivity contribution is 0.0734. The second-order valence-electron chi connectivity index (χ2n) is 5.75. The predicted octanol–water partition coefficient (Wildman–Crippen LogP) is 4.81. The standard InChI is InChI=1S/C23H18O4/c1-26-20-13-11-18(12-14-20)22(24)15-10-17-6-5-9-21(16-17)27-23(25)19-7-3-2-4-8-19/h2-16H,1H3. The van der Waals surface area contributed by atoms with E-state index in [1.165, 1.54) is 6.08 Å². The molecule has 0 heterocycles. The molecule has 0 aliphatic heterocycles. The van der Waals surface area contributed by atoms with E-state index in [0.717, 1.165) is 5.56 Å². The number of hydrogen-bond donors (Lipinski definition) is 0. The van der Waals surface area contributed by atoms with Crippen LogP contribution in [0.15, 0.2) is 84.9 Å². The number of allylic oxidation sites excluding steroid dienone is 1. The van der Waals surface area contributed by atoms with Crippen LogP contribution in [0.1, 0.15) is 26.3 Å². The maximum absolute atomic E-state index is 12.3. The minimum absolute atomic E-state index is 0.121. The first kappa shape index (κ1) is 18.1. The molecule has 0 radical (unpaired) electrons. The predicted molar refractivity (Wildman–Crippen MR) is 104 cm³/mol. The van der Waals surface area contributed by atoms with Crippen molar-refractivity contribution in [3.05, 3.63) is 102 Å². The van der Waals surface area contributed by atoms with Gasteiger partial charge in [-0.2, -0.15) is 0 Å². The van der Waals surface area contributed by atoms with E-state index < -0.39 is 5.97 Å². The summed E-state index contributed by atoms with van der Waals surface area (Å²) in [5.74, 6) is 0.571. The number of rotatable bonds is 6. The van der Waals surface area contributed by atoms with Gasteiger partial charge in [-0.1, -0.05) is 36.4 Å². The monoisotopic (exact) mass is 358 g/mol. The van der Waals surface area contributed by atoms with E-state index in [9.17, 15) is 9.59 Å². The van der Waals surface area contributed by atoms with Crippen molar-refractivity contribution in [3.63, 3.8) is 0 Å². The molecule has 0 unspecified atom stereocenters. The number of carbonyl (C=O) groups is 2. The summed E-state index contributed by atoms with van der Waals surface area (Å²) in [6, 6.07) is 22.7. The molecule has 4 nitrogen and oxygen atoms in total. The van der Waals surface area contributed by atoms with Crippen LogP contribution in [0.25, 0.3) is 6.08 Å². The smallest absolute Gasteiger partial charge is 0.343 e. The summed E-state index contributed by atoms with van der Waals surface area (Å²) in [4.78, 5) is 24.4. The van der Waals surface area contributed by atoms with Gasteiger partial charge in [0, 0.05) is 5.56 Å². The second-order valence-corrected chi connectivity index (χ2v) is 5.75. The first-order valence-electron chi connectivity index (χ1n) is 8.39. The third-order valence-corrected chi connectivity index (χ3v) is 3.88. The SMILES string of the molecule is COc1ccc(C(=O)C=Cc2cccc(OC(=O)c3ccccc3)c2)cc1. The highest BCUT2D eigenvalue weighted by Crippen LogP contribution is 2.17. The van der Waals surface area contributed by atoms with Crippen molar-refractivity contribution >= 4 is 17.8 Å². The number of methoxy groups -OCH3 is 1. The van der Waals surface area contributed by atoms with E-state index in [1.54, 1.807) is 79.9 Å². The number of ether oxygens (including phenoxy) is 2. The third kappa shape index (κ3) is 4.92. The fraction of sp³-hybridized carbons (Fsp3) is 0.0435. The van der Waals surface area contributed by atoms with Crippen LogP contribution in [0.3, 0.4) is 0 Å². The van der Waals surface area contributed by atoms with Crippen LogP contribution in [0.2, 0.25) is 0 Å². The topological polar surface area (TPSA) is 52.6 Å². The second kappa shape index (κ2) is 8.63. The summed E-state index contributed by atoms with van der Waals surface area (Å²) >= 11 is 0. The number of hydrogen-bond acceptors (Lipinski definition) is 4. The molecule has 0 spiro atoms. The maximum atomic E-state index is 12.3. The summed E-state index contributed by atoms with van der Waals surface area (Å²) in [5, 5.41) is 0. The lowest BCUT2D eigenvalue weighted by Crippen LogP contribution is -2.08. The van der Waals surface area contributed by atoms with Crippen molar-refractivity contribution in [3.8, 4) is 11.5 Å². The Balaban J connectivity index is 1.68. The van der Waals surface area contributed by atoms with Gasteiger partial charge in [0.1, 0.15) is 11.5 Å². The molecule has 0 bridgehead atoms. The molecule has 4 heteroatoms.